The number of hydrogen-bond donors (Lipinski definition) is 1. The van der Waals surface area contributed by atoms with E-state index >= 15 is 0 Å². The molecule has 1 aromatic carbocycles. The van der Waals surface area contributed by atoms with Gasteiger partial charge in [0.05, 0.1) is 0 Å². The summed E-state index contributed by atoms with van der Waals surface area (Å²) in [5, 5.41) is 3.61. The zero-order valence-electron chi connectivity index (χ0n) is 12.9. The Morgan fingerprint density at radius 1 is 1.30 bits per heavy atom. The van der Waals surface area contributed by atoms with Crippen molar-refractivity contribution >= 4 is 0 Å². The molecule has 1 N–H and O–H groups in total. The van der Waals surface area contributed by atoms with E-state index in [1.54, 1.807) is 12.1 Å². The van der Waals surface area contributed by atoms with Gasteiger partial charge in [-0.3, -0.25) is 0 Å². The van der Waals surface area contributed by atoms with Gasteiger partial charge in [0.1, 0.15) is 5.82 Å². The van der Waals surface area contributed by atoms with Crippen LogP contribution in [0.3, 0.4) is 0 Å². The molecule has 0 amide bonds. The molecule has 0 aromatic heterocycles. The van der Waals surface area contributed by atoms with E-state index in [0.717, 1.165) is 30.9 Å². The number of halogens is 1. The van der Waals surface area contributed by atoms with Gasteiger partial charge < -0.3 is 5.32 Å². The lowest BCUT2D eigenvalue weighted by Gasteiger charge is -2.22. The topological polar surface area (TPSA) is 12.0 Å². The summed E-state index contributed by atoms with van der Waals surface area (Å²) >= 11 is 0. The quantitative estimate of drug-likeness (QED) is 0.727. The van der Waals surface area contributed by atoms with E-state index in [1.807, 2.05) is 6.07 Å². The fourth-order valence-electron chi connectivity index (χ4n) is 3.37. The molecule has 1 saturated carbocycles. The van der Waals surface area contributed by atoms with E-state index in [0.29, 0.717) is 6.04 Å². The van der Waals surface area contributed by atoms with Gasteiger partial charge >= 0.3 is 0 Å². The summed E-state index contributed by atoms with van der Waals surface area (Å²) in [7, 11) is 0. The SMILES string of the molecule is CCCNC(CCC1CCCC1)c1cc(F)ccc1C. The normalized spacial score (nSPS) is 17.6. The van der Waals surface area contributed by atoms with Gasteiger partial charge in [0.15, 0.2) is 0 Å². The van der Waals surface area contributed by atoms with E-state index in [9.17, 15) is 4.39 Å². The predicted octanol–water partition coefficient (Wildman–Crippen LogP) is 5.15. The van der Waals surface area contributed by atoms with Gasteiger partial charge in [0, 0.05) is 6.04 Å². The van der Waals surface area contributed by atoms with Crippen LogP contribution in [-0.2, 0) is 0 Å². The van der Waals surface area contributed by atoms with E-state index < -0.39 is 0 Å². The molecule has 1 fully saturated rings. The van der Waals surface area contributed by atoms with Gasteiger partial charge in [0.2, 0.25) is 0 Å². The molecule has 112 valence electrons. The third-order valence-electron chi connectivity index (χ3n) is 4.60. The second kappa shape index (κ2) is 7.78. The van der Waals surface area contributed by atoms with Crippen molar-refractivity contribution in [2.75, 3.05) is 6.54 Å². The van der Waals surface area contributed by atoms with Crippen LogP contribution in [0.25, 0.3) is 0 Å². The van der Waals surface area contributed by atoms with Gasteiger partial charge in [0.25, 0.3) is 0 Å². The molecule has 1 aliphatic rings. The molecule has 2 rings (SSSR count). The Labute approximate surface area is 123 Å². The highest BCUT2D eigenvalue weighted by molar-refractivity contribution is 5.29. The molecule has 20 heavy (non-hydrogen) atoms. The zero-order chi connectivity index (χ0) is 14.4. The summed E-state index contributed by atoms with van der Waals surface area (Å²) in [6, 6.07) is 5.50. The molecule has 0 radical (unpaired) electrons. The van der Waals surface area contributed by atoms with Crippen molar-refractivity contribution in [2.24, 2.45) is 5.92 Å². The number of nitrogens with one attached hydrogen (secondary N) is 1. The minimum atomic E-state index is -0.116. The van der Waals surface area contributed by atoms with Crippen molar-refractivity contribution in [3.8, 4) is 0 Å². The Morgan fingerprint density at radius 3 is 2.75 bits per heavy atom. The first-order chi connectivity index (χ1) is 9.70. The number of benzene rings is 1. The highest BCUT2D eigenvalue weighted by Crippen LogP contribution is 2.32. The smallest absolute Gasteiger partial charge is 0.123 e. The van der Waals surface area contributed by atoms with Gasteiger partial charge in [-0.2, -0.15) is 0 Å². The fourth-order valence-corrected chi connectivity index (χ4v) is 3.37. The largest absolute Gasteiger partial charge is 0.310 e. The van der Waals surface area contributed by atoms with Crippen LogP contribution in [0.15, 0.2) is 18.2 Å². The summed E-state index contributed by atoms with van der Waals surface area (Å²) in [5.41, 5.74) is 2.35. The van der Waals surface area contributed by atoms with E-state index in [-0.39, 0.29) is 5.82 Å². The average Bonchev–Trinajstić information content (AvgIpc) is 2.95. The molecule has 0 heterocycles. The Kier molecular flexibility index (Phi) is 6.03. The molecule has 2 heteroatoms. The molecule has 1 aromatic rings. The van der Waals surface area contributed by atoms with Gasteiger partial charge in [-0.25, -0.2) is 4.39 Å². The molecule has 1 aliphatic carbocycles. The van der Waals surface area contributed by atoms with Gasteiger partial charge in [-0.15, -0.1) is 0 Å². The maximum absolute atomic E-state index is 13.5. The molecule has 1 nitrogen and oxygen atoms in total. The fraction of sp³-hybridized carbons (Fsp3) is 0.667. The third-order valence-corrected chi connectivity index (χ3v) is 4.60. The van der Waals surface area contributed by atoms with E-state index in [1.165, 1.54) is 37.7 Å². The van der Waals surface area contributed by atoms with Crippen LogP contribution in [0.4, 0.5) is 4.39 Å². The molecule has 0 aliphatic heterocycles. The molecule has 1 unspecified atom stereocenters. The highest BCUT2D eigenvalue weighted by atomic mass is 19.1. The van der Waals surface area contributed by atoms with Crippen LogP contribution >= 0.6 is 0 Å². The first-order valence-corrected chi connectivity index (χ1v) is 8.20. The third kappa shape index (κ3) is 4.31. The summed E-state index contributed by atoms with van der Waals surface area (Å²) in [6.45, 7) is 5.27. The maximum atomic E-state index is 13.5. The van der Waals surface area contributed by atoms with Gasteiger partial charge in [-0.1, -0.05) is 38.7 Å². The molecular formula is C18H28FN. The van der Waals surface area contributed by atoms with Crippen molar-refractivity contribution in [1.29, 1.82) is 0 Å². The van der Waals surface area contributed by atoms with Crippen molar-refractivity contribution < 1.29 is 4.39 Å². The highest BCUT2D eigenvalue weighted by Gasteiger charge is 2.19. The van der Waals surface area contributed by atoms with Crippen LogP contribution in [0.5, 0.6) is 0 Å². The molecule has 0 bridgehead atoms. The maximum Gasteiger partial charge on any atom is 0.123 e. The zero-order valence-corrected chi connectivity index (χ0v) is 12.9. The lowest BCUT2D eigenvalue weighted by atomic mass is 9.92. The summed E-state index contributed by atoms with van der Waals surface area (Å²) in [6.07, 6.45) is 9.11. The Bertz CT molecular complexity index is 410. The first-order valence-electron chi connectivity index (χ1n) is 8.20. The summed E-state index contributed by atoms with van der Waals surface area (Å²) in [5.74, 6) is 0.782. The molecular weight excluding hydrogens is 249 g/mol. The Balaban J connectivity index is 2.02. The minimum Gasteiger partial charge on any atom is -0.310 e. The molecule has 0 saturated heterocycles. The number of rotatable bonds is 7. The van der Waals surface area contributed by atoms with Crippen molar-refractivity contribution in [3.05, 3.63) is 35.1 Å². The van der Waals surface area contributed by atoms with E-state index in [4.69, 9.17) is 0 Å². The molecule has 0 spiro atoms. The first kappa shape index (κ1) is 15.5. The second-order valence-corrected chi connectivity index (χ2v) is 6.24. The van der Waals surface area contributed by atoms with Crippen LogP contribution in [0.2, 0.25) is 0 Å². The monoisotopic (exact) mass is 277 g/mol. The Hall–Kier alpha value is -0.890. The minimum absolute atomic E-state index is 0.116. The number of hydrogen-bond acceptors (Lipinski definition) is 1. The molecule has 1 atom stereocenters. The van der Waals surface area contributed by atoms with Gasteiger partial charge in [-0.05, 0) is 61.9 Å². The lowest BCUT2D eigenvalue weighted by molar-refractivity contribution is 0.410. The van der Waals surface area contributed by atoms with Crippen molar-refractivity contribution in [3.63, 3.8) is 0 Å². The summed E-state index contributed by atoms with van der Waals surface area (Å²) in [4.78, 5) is 0. The van der Waals surface area contributed by atoms with Crippen LogP contribution in [-0.4, -0.2) is 6.54 Å². The average molecular weight is 277 g/mol. The van der Waals surface area contributed by atoms with Crippen molar-refractivity contribution in [1.82, 2.24) is 5.32 Å². The van der Waals surface area contributed by atoms with Crippen molar-refractivity contribution in [2.45, 2.75) is 64.8 Å². The summed E-state index contributed by atoms with van der Waals surface area (Å²) < 4.78 is 13.5. The standard InChI is InChI=1S/C18H28FN/c1-3-12-20-18(11-9-15-6-4-5-7-15)17-13-16(19)10-8-14(17)2/h8,10,13,15,18,20H,3-7,9,11-12H2,1-2H3. The van der Waals surface area contributed by atoms with E-state index in [2.05, 4.69) is 19.2 Å². The predicted molar refractivity (Wildman–Crippen MR) is 83.4 cm³/mol. The number of aryl methyl sites for hydroxylation is 1. The lowest BCUT2D eigenvalue weighted by Crippen LogP contribution is -2.23. The Morgan fingerprint density at radius 2 is 2.05 bits per heavy atom. The second-order valence-electron chi connectivity index (χ2n) is 6.24. The van der Waals surface area contributed by atoms with Crippen LogP contribution in [0.1, 0.15) is 69.0 Å². The van der Waals surface area contributed by atoms with Crippen LogP contribution < -0.4 is 5.32 Å². The van der Waals surface area contributed by atoms with Crippen LogP contribution in [0, 0.1) is 18.7 Å².